The number of methoxy groups -OCH3 is 1. The van der Waals surface area contributed by atoms with Crippen LogP contribution in [0, 0.1) is 0 Å². The summed E-state index contributed by atoms with van der Waals surface area (Å²) in [6.07, 6.45) is 1.66. The van der Waals surface area contributed by atoms with E-state index in [-0.39, 0.29) is 5.97 Å². The Kier molecular flexibility index (Phi) is 3.62. The van der Waals surface area contributed by atoms with Crippen LogP contribution >= 0.6 is 15.9 Å². The van der Waals surface area contributed by atoms with Crippen molar-refractivity contribution in [3.8, 4) is 11.1 Å². The summed E-state index contributed by atoms with van der Waals surface area (Å²) in [7, 11) is 1.36. The number of carbonyl (C=O) groups excluding carboxylic acids is 1. The number of benzene rings is 1. The van der Waals surface area contributed by atoms with E-state index in [0.29, 0.717) is 11.4 Å². The van der Waals surface area contributed by atoms with Gasteiger partial charge in [0.25, 0.3) is 0 Å². The predicted molar refractivity (Wildman–Crippen MR) is 73.1 cm³/mol. The maximum atomic E-state index is 11.5. The number of nitrogens with two attached hydrogens (primary N) is 1. The zero-order valence-electron chi connectivity index (χ0n) is 9.68. The second-order valence-electron chi connectivity index (χ2n) is 3.66. The van der Waals surface area contributed by atoms with Gasteiger partial charge in [0.05, 0.1) is 17.1 Å². The Hall–Kier alpha value is -1.88. The van der Waals surface area contributed by atoms with Gasteiger partial charge >= 0.3 is 5.97 Å². The lowest BCUT2D eigenvalue weighted by molar-refractivity contribution is 0.0601. The number of nitrogens with zero attached hydrogens (tertiary/aromatic N) is 1. The monoisotopic (exact) mass is 306 g/mol. The third kappa shape index (κ3) is 2.51. The molecule has 4 nitrogen and oxygen atoms in total. The van der Waals surface area contributed by atoms with Crippen LogP contribution in [0.2, 0.25) is 0 Å². The highest BCUT2D eigenvalue weighted by Gasteiger charge is 2.08. The minimum atomic E-state index is -0.362. The van der Waals surface area contributed by atoms with Crippen LogP contribution in [-0.2, 0) is 4.74 Å². The normalized spacial score (nSPS) is 10.1. The van der Waals surface area contributed by atoms with Gasteiger partial charge in [-0.15, -0.1) is 0 Å². The molecule has 2 rings (SSSR count). The minimum Gasteiger partial charge on any atom is -0.465 e. The quantitative estimate of drug-likeness (QED) is 0.866. The van der Waals surface area contributed by atoms with Gasteiger partial charge in [0.2, 0.25) is 0 Å². The van der Waals surface area contributed by atoms with Gasteiger partial charge < -0.3 is 10.5 Å². The molecule has 1 aromatic carbocycles. The molecule has 0 bridgehead atoms. The van der Waals surface area contributed by atoms with E-state index in [0.717, 1.165) is 15.6 Å². The minimum absolute atomic E-state index is 0.362. The van der Waals surface area contributed by atoms with Crippen molar-refractivity contribution in [2.45, 2.75) is 0 Å². The molecule has 0 unspecified atom stereocenters. The molecule has 92 valence electrons. The summed E-state index contributed by atoms with van der Waals surface area (Å²) in [6, 6.07) is 9.01. The van der Waals surface area contributed by atoms with Crippen LogP contribution in [-0.4, -0.2) is 18.1 Å². The van der Waals surface area contributed by atoms with Gasteiger partial charge in [-0.25, -0.2) is 9.78 Å². The Labute approximate surface area is 113 Å². The fourth-order valence-electron chi connectivity index (χ4n) is 1.55. The van der Waals surface area contributed by atoms with Crippen molar-refractivity contribution in [1.29, 1.82) is 0 Å². The van der Waals surface area contributed by atoms with E-state index in [1.807, 2.05) is 12.1 Å². The van der Waals surface area contributed by atoms with Crippen molar-refractivity contribution in [1.82, 2.24) is 4.98 Å². The lowest BCUT2D eigenvalue weighted by atomic mass is 10.0. The molecule has 0 radical (unpaired) electrons. The number of rotatable bonds is 2. The zero-order chi connectivity index (χ0) is 13.1. The van der Waals surface area contributed by atoms with E-state index >= 15 is 0 Å². The molecule has 5 heteroatoms. The van der Waals surface area contributed by atoms with Crippen LogP contribution in [0.15, 0.2) is 41.0 Å². The summed E-state index contributed by atoms with van der Waals surface area (Å²) in [5.74, 6) is 0.0715. The Morgan fingerprint density at radius 1 is 1.33 bits per heavy atom. The number of nitrogen functional groups attached to an aromatic ring is 1. The molecular formula is C13H11BrN2O2. The van der Waals surface area contributed by atoms with Crippen molar-refractivity contribution in [2.75, 3.05) is 12.8 Å². The van der Waals surface area contributed by atoms with Gasteiger partial charge in [-0.3, -0.25) is 0 Å². The van der Waals surface area contributed by atoms with E-state index in [1.165, 1.54) is 7.11 Å². The Morgan fingerprint density at radius 2 is 2.11 bits per heavy atom. The second-order valence-corrected chi connectivity index (χ2v) is 4.52. The predicted octanol–water partition coefficient (Wildman–Crippen LogP) is 2.88. The van der Waals surface area contributed by atoms with Crippen LogP contribution in [0.3, 0.4) is 0 Å². The molecule has 0 amide bonds. The Morgan fingerprint density at radius 3 is 2.78 bits per heavy atom. The lowest BCUT2D eigenvalue weighted by Crippen LogP contribution is -2.00. The molecule has 0 aliphatic rings. The van der Waals surface area contributed by atoms with Crippen molar-refractivity contribution in [2.24, 2.45) is 0 Å². The van der Waals surface area contributed by atoms with Gasteiger partial charge in [-0.1, -0.05) is 12.1 Å². The first-order chi connectivity index (χ1) is 8.61. The number of anilines is 1. The first-order valence-electron chi connectivity index (χ1n) is 5.21. The molecule has 2 N–H and O–H groups in total. The largest absolute Gasteiger partial charge is 0.465 e. The first-order valence-corrected chi connectivity index (χ1v) is 6.01. The van der Waals surface area contributed by atoms with Crippen molar-refractivity contribution in [3.63, 3.8) is 0 Å². The average Bonchev–Trinajstić information content (AvgIpc) is 2.41. The number of ether oxygens (including phenoxy) is 1. The second kappa shape index (κ2) is 5.18. The molecule has 0 spiro atoms. The third-order valence-corrected chi connectivity index (χ3v) is 3.12. The van der Waals surface area contributed by atoms with Gasteiger partial charge in [-0.05, 0) is 39.7 Å². The molecule has 1 heterocycles. The summed E-state index contributed by atoms with van der Waals surface area (Å²) in [6.45, 7) is 0. The standard InChI is InChI=1S/C13H11BrN2O2/c1-18-13(17)9-4-2-3-8(5-9)10-6-11(14)12(15)16-7-10/h2-7H,1H3,(H2,15,16). The zero-order valence-corrected chi connectivity index (χ0v) is 11.3. The van der Waals surface area contributed by atoms with Crippen molar-refractivity contribution in [3.05, 3.63) is 46.6 Å². The summed E-state index contributed by atoms with van der Waals surface area (Å²) in [5.41, 5.74) is 7.89. The van der Waals surface area contributed by atoms with E-state index in [1.54, 1.807) is 24.4 Å². The molecule has 0 saturated heterocycles. The molecule has 1 aromatic heterocycles. The molecule has 2 aromatic rings. The fourth-order valence-corrected chi connectivity index (χ4v) is 1.90. The highest BCUT2D eigenvalue weighted by atomic mass is 79.9. The molecular weight excluding hydrogens is 296 g/mol. The lowest BCUT2D eigenvalue weighted by Gasteiger charge is -2.05. The fraction of sp³-hybridized carbons (Fsp3) is 0.0769. The smallest absolute Gasteiger partial charge is 0.337 e. The first kappa shape index (κ1) is 12.6. The average molecular weight is 307 g/mol. The maximum Gasteiger partial charge on any atom is 0.337 e. The number of hydrogen-bond donors (Lipinski definition) is 1. The summed E-state index contributed by atoms with van der Waals surface area (Å²) in [5, 5.41) is 0. The number of carbonyl (C=O) groups is 1. The molecule has 0 aliphatic carbocycles. The highest BCUT2D eigenvalue weighted by Crippen LogP contribution is 2.26. The summed E-state index contributed by atoms with van der Waals surface area (Å²) >= 11 is 3.33. The highest BCUT2D eigenvalue weighted by molar-refractivity contribution is 9.10. The topological polar surface area (TPSA) is 65.2 Å². The summed E-state index contributed by atoms with van der Waals surface area (Å²) in [4.78, 5) is 15.5. The van der Waals surface area contributed by atoms with Crippen LogP contribution in [0.25, 0.3) is 11.1 Å². The van der Waals surface area contributed by atoms with Crippen LogP contribution in [0.4, 0.5) is 5.82 Å². The van der Waals surface area contributed by atoms with E-state index < -0.39 is 0 Å². The number of hydrogen-bond acceptors (Lipinski definition) is 4. The Bertz CT molecular complexity index is 599. The molecule has 0 atom stereocenters. The van der Waals surface area contributed by atoms with Crippen LogP contribution in [0.5, 0.6) is 0 Å². The SMILES string of the molecule is COC(=O)c1cccc(-c2cnc(N)c(Br)c2)c1. The molecule has 0 aliphatic heterocycles. The molecule has 18 heavy (non-hydrogen) atoms. The number of aromatic nitrogens is 1. The van der Waals surface area contributed by atoms with Gasteiger partial charge in [0.15, 0.2) is 0 Å². The number of halogens is 1. The van der Waals surface area contributed by atoms with Crippen LogP contribution in [0.1, 0.15) is 10.4 Å². The van der Waals surface area contributed by atoms with Gasteiger partial charge in [0.1, 0.15) is 5.82 Å². The van der Waals surface area contributed by atoms with Crippen molar-refractivity contribution < 1.29 is 9.53 Å². The number of pyridine rings is 1. The van der Waals surface area contributed by atoms with Gasteiger partial charge in [-0.2, -0.15) is 0 Å². The Balaban J connectivity index is 2.44. The third-order valence-electron chi connectivity index (χ3n) is 2.49. The maximum absolute atomic E-state index is 11.5. The molecule has 0 fully saturated rings. The molecule has 0 saturated carbocycles. The van der Waals surface area contributed by atoms with E-state index in [2.05, 4.69) is 25.7 Å². The van der Waals surface area contributed by atoms with Crippen molar-refractivity contribution >= 4 is 27.7 Å². The summed E-state index contributed by atoms with van der Waals surface area (Å²) < 4.78 is 5.41. The van der Waals surface area contributed by atoms with E-state index in [4.69, 9.17) is 5.73 Å². The number of esters is 1. The van der Waals surface area contributed by atoms with E-state index in [9.17, 15) is 4.79 Å². The van der Waals surface area contributed by atoms with Crippen LogP contribution < -0.4 is 5.73 Å². The van der Waals surface area contributed by atoms with Gasteiger partial charge in [0, 0.05) is 11.8 Å².